The second kappa shape index (κ2) is 40.5. The van der Waals surface area contributed by atoms with Crippen molar-refractivity contribution in [3.8, 4) is 0 Å². The minimum Gasteiger partial charge on any atom is -0.462 e. The highest BCUT2D eigenvalue weighted by atomic mass is 16.7. The van der Waals surface area contributed by atoms with E-state index >= 15 is 0 Å². The van der Waals surface area contributed by atoms with Crippen LogP contribution in [0, 0.1) is 0 Å². The second-order valence-corrected chi connectivity index (χ2v) is 19.1. The molecule has 10 heteroatoms. The largest absolute Gasteiger partial charge is 0.462 e. The Morgan fingerprint density at radius 3 is 1.49 bits per heavy atom. The highest BCUT2D eigenvalue weighted by Gasteiger charge is 2.48. The third-order valence-electron chi connectivity index (χ3n) is 13.0. The predicted molar refractivity (Wildman–Crippen MR) is 263 cm³/mol. The molecule has 1 aromatic carbocycles. The monoisotopic (exact) mass is 916 g/mol. The first-order chi connectivity index (χ1) is 31.8. The predicted octanol–water partition coefficient (Wildman–Crippen LogP) is 13.3. The van der Waals surface area contributed by atoms with Gasteiger partial charge in [-0.1, -0.05) is 231 Å². The molecule has 1 heterocycles. The normalized spacial score (nSPS) is 18.9. The summed E-state index contributed by atoms with van der Waals surface area (Å²) in [7, 11) is 0. The smallest absolute Gasteiger partial charge is 0.306 e. The second-order valence-electron chi connectivity index (χ2n) is 19.1. The van der Waals surface area contributed by atoms with Gasteiger partial charge in [0.2, 0.25) is 5.91 Å². The van der Waals surface area contributed by atoms with Crippen molar-refractivity contribution in [3.05, 3.63) is 35.9 Å². The lowest BCUT2D eigenvalue weighted by Crippen LogP contribution is -2.66. The van der Waals surface area contributed by atoms with Crippen LogP contribution in [0.2, 0.25) is 0 Å². The number of benzene rings is 1. The van der Waals surface area contributed by atoms with E-state index in [0.29, 0.717) is 19.3 Å². The standard InChI is InChI=1S/C55H97NO9/c1-4-7-10-13-16-19-21-24-27-30-36-41-50(59)63-47(40-35-29-26-23-18-15-12-9-6-3)43-49(58)56-52-54(65-51(60)42-37-31-28-25-22-20-17-14-11-8-5-2)53(61)48(44-57)64-55(52)62-45-46-38-33-32-34-39-46/h32-34,38-39,47-48,52-55,57,61H,4-31,35-37,40-45H2,1-3H3,(H,56,58)/t47-,48+,52+,53+,54+,55?/m0/s1. The molecule has 0 aliphatic carbocycles. The molecule has 0 spiro atoms. The summed E-state index contributed by atoms with van der Waals surface area (Å²) in [5.41, 5.74) is 0.864. The molecule has 6 atom stereocenters. The lowest BCUT2D eigenvalue weighted by molar-refractivity contribution is -0.276. The Morgan fingerprint density at radius 2 is 1.03 bits per heavy atom. The van der Waals surface area contributed by atoms with E-state index in [2.05, 4.69) is 26.1 Å². The van der Waals surface area contributed by atoms with Crippen LogP contribution >= 0.6 is 0 Å². The highest BCUT2D eigenvalue weighted by molar-refractivity contribution is 5.78. The average molecular weight is 916 g/mol. The minimum atomic E-state index is -1.41. The molecule has 1 fully saturated rings. The van der Waals surface area contributed by atoms with Gasteiger partial charge in [0.15, 0.2) is 12.4 Å². The molecule has 2 rings (SSSR count). The van der Waals surface area contributed by atoms with Gasteiger partial charge in [-0.15, -0.1) is 0 Å². The molecule has 65 heavy (non-hydrogen) atoms. The molecule has 0 radical (unpaired) electrons. The Balaban J connectivity index is 2.05. The molecule has 0 bridgehead atoms. The number of ether oxygens (including phenoxy) is 4. The summed E-state index contributed by atoms with van der Waals surface area (Å²) in [5.74, 6) is -1.18. The molecular weight excluding hydrogens is 819 g/mol. The first-order valence-corrected chi connectivity index (χ1v) is 27.1. The van der Waals surface area contributed by atoms with Gasteiger partial charge in [0.05, 0.1) is 19.6 Å². The van der Waals surface area contributed by atoms with E-state index in [1.807, 2.05) is 30.3 Å². The third-order valence-corrected chi connectivity index (χ3v) is 13.0. The first-order valence-electron chi connectivity index (χ1n) is 27.1. The van der Waals surface area contributed by atoms with Crippen molar-refractivity contribution >= 4 is 17.8 Å². The number of carbonyl (C=O) groups excluding carboxylic acids is 3. The van der Waals surface area contributed by atoms with Crippen LogP contribution in [0.15, 0.2) is 30.3 Å². The number of hydrogen-bond donors (Lipinski definition) is 3. The molecule has 1 unspecified atom stereocenters. The van der Waals surface area contributed by atoms with Crippen molar-refractivity contribution in [2.45, 2.75) is 289 Å². The van der Waals surface area contributed by atoms with Crippen LogP contribution in [0.1, 0.15) is 251 Å². The molecule has 0 saturated carbocycles. The Labute approximate surface area is 396 Å². The summed E-state index contributed by atoms with van der Waals surface area (Å²) < 4.78 is 24.3. The van der Waals surface area contributed by atoms with Gasteiger partial charge in [-0.2, -0.15) is 0 Å². The van der Waals surface area contributed by atoms with Crippen LogP contribution in [0.4, 0.5) is 0 Å². The van der Waals surface area contributed by atoms with E-state index < -0.39 is 55.2 Å². The van der Waals surface area contributed by atoms with E-state index in [0.717, 1.165) is 63.4 Å². The summed E-state index contributed by atoms with van der Waals surface area (Å²) >= 11 is 0. The number of esters is 2. The zero-order valence-corrected chi connectivity index (χ0v) is 41.8. The van der Waals surface area contributed by atoms with Gasteiger partial charge >= 0.3 is 11.9 Å². The lowest BCUT2D eigenvalue weighted by atomic mass is 9.96. The third kappa shape index (κ3) is 29.8. The molecule has 3 N–H and O–H groups in total. The van der Waals surface area contributed by atoms with E-state index in [1.165, 1.54) is 135 Å². The van der Waals surface area contributed by atoms with Crippen molar-refractivity contribution < 1.29 is 43.5 Å². The molecule has 0 aromatic heterocycles. The molecular formula is C55H97NO9. The quantitative estimate of drug-likeness (QED) is 0.0431. The number of rotatable bonds is 43. The van der Waals surface area contributed by atoms with Crippen molar-refractivity contribution in [2.24, 2.45) is 0 Å². The molecule has 10 nitrogen and oxygen atoms in total. The van der Waals surface area contributed by atoms with Gasteiger partial charge in [-0.3, -0.25) is 14.4 Å². The molecule has 376 valence electrons. The number of carbonyl (C=O) groups is 3. The zero-order chi connectivity index (χ0) is 47.0. The number of unbranched alkanes of at least 4 members (excludes halogenated alkanes) is 28. The number of nitrogens with one attached hydrogen (secondary N) is 1. The van der Waals surface area contributed by atoms with Gasteiger partial charge in [0, 0.05) is 12.8 Å². The summed E-state index contributed by atoms with van der Waals surface area (Å²) in [6.45, 7) is 6.31. The Bertz CT molecular complexity index is 1280. The minimum absolute atomic E-state index is 0.0815. The topological polar surface area (TPSA) is 141 Å². The van der Waals surface area contributed by atoms with Crippen LogP contribution in [0.5, 0.6) is 0 Å². The van der Waals surface area contributed by atoms with Gasteiger partial charge in [0.1, 0.15) is 24.4 Å². The number of hydrogen-bond acceptors (Lipinski definition) is 9. The molecule has 1 aliphatic heterocycles. The van der Waals surface area contributed by atoms with Gasteiger partial charge in [0.25, 0.3) is 0 Å². The number of aliphatic hydroxyl groups excluding tert-OH is 2. The molecule has 1 saturated heterocycles. The fourth-order valence-corrected chi connectivity index (χ4v) is 8.92. The molecule has 1 aromatic rings. The lowest BCUT2D eigenvalue weighted by Gasteiger charge is -2.43. The van der Waals surface area contributed by atoms with E-state index in [9.17, 15) is 24.6 Å². The maximum Gasteiger partial charge on any atom is 0.306 e. The Hall–Kier alpha value is -2.53. The average Bonchev–Trinajstić information content (AvgIpc) is 3.30. The van der Waals surface area contributed by atoms with E-state index in [1.54, 1.807) is 0 Å². The number of aliphatic hydroxyl groups is 2. The fraction of sp³-hybridized carbons (Fsp3) is 0.836. The fourth-order valence-electron chi connectivity index (χ4n) is 8.92. The summed E-state index contributed by atoms with van der Waals surface area (Å²) in [4.78, 5) is 40.6. The van der Waals surface area contributed by atoms with Crippen LogP contribution in [0.3, 0.4) is 0 Å². The van der Waals surface area contributed by atoms with Crippen LogP contribution in [-0.2, 0) is 39.9 Å². The van der Waals surface area contributed by atoms with Crippen LogP contribution < -0.4 is 5.32 Å². The van der Waals surface area contributed by atoms with Crippen LogP contribution in [-0.4, -0.2) is 71.4 Å². The SMILES string of the molecule is CCCCCCCCCCCCCC(=O)O[C@@H](CCCCCCCCCCC)CC(=O)N[C@H]1C(OCc2ccccc2)O[C@H](CO)[C@@H](O)[C@@H]1OC(=O)CCCCCCCCCCCCC. The Kier molecular flexibility index (Phi) is 36.5. The van der Waals surface area contributed by atoms with Crippen molar-refractivity contribution in [1.29, 1.82) is 0 Å². The summed E-state index contributed by atoms with van der Waals surface area (Å²) in [6, 6.07) is 8.43. The van der Waals surface area contributed by atoms with Gasteiger partial charge in [-0.25, -0.2) is 0 Å². The van der Waals surface area contributed by atoms with Crippen molar-refractivity contribution in [3.63, 3.8) is 0 Å². The van der Waals surface area contributed by atoms with Crippen molar-refractivity contribution in [1.82, 2.24) is 5.32 Å². The summed E-state index contributed by atoms with van der Waals surface area (Å²) in [5, 5.41) is 24.6. The van der Waals surface area contributed by atoms with E-state index in [4.69, 9.17) is 18.9 Å². The number of amides is 1. The first kappa shape index (κ1) is 58.6. The maximum atomic E-state index is 14.0. The highest BCUT2D eigenvalue weighted by Crippen LogP contribution is 2.27. The zero-order valence-electron chi connectivity index (χ0n) is 41.8. The van der Waals surface area contributed by atoms with Crippen LogP contribution in [0.25, 0.3) is 0 Å². The molecule has 1 amide bonds. The Morgan fingerprint density at radius 1 is 0.600 bits per heavy atom. The van der Waals surface area contributed by atoms with Gasteiger partial charge < -0.3 is 34.5 Å². The van der Waals surface area contributed by atoms with E-state index in [-0.39, 0.29) is 25.4 Å². The van der Waals surface area contributed by atoms with Crippen molar-refractivity contribution in [2.75, 3.05) is 6.61 Å². The van der Waals surface area contributed by atoms with Gasteiger partial charge in [-0.05, 0) is 31.2 Å². The molecule has 1 aliphatic rings. The summed E-state index contributed by atoms with van der Waals surface area (Å²) in [6.07, 6.45) is 31.7. The maximum absolute atomic E-state index is 14.0.